The van der Waals surface area contributed by atoms with Crippen LogP contribution in [0.1, 0.15) is 29.7 Å². The van der Waals surface area contributed by atoms with Crippen LogP contribution in [0.25, 0.3) is 0 Å². The van der Waals surface area contributed by atoms with Crippen LogP contribution in [0.2, 0.25) is 0 Å². The highest BCUT2D eigenvalue weighted by Crippen LogP contribution is 2.44. The maximum absolute atomic E-state index is 14.1. The van der Waals surface area contributed by atoms with E-state index in [0.29, 0.717) is 0 Å². The molecular formula is C18H13F3N2O3. The molecule has 1 aliphatic heterocycles. The summed E-state index contributed by atoms with van der Waals surface area (Å²) in [6.45, 7) is 0.990. The van der Waals surface area contributed by atoms with Crippen molar-refractivity contribution in [3.8, 4) is 11.8 Å². The quantitative estimate of drug-likeness (QED) is 0.910. The van der Waals surface area contributed by atoms with Crippen LogP contribution in [0.3, 0.4) is 0 Å². The first kappa shape index (κ1) is 17.8. The number of carbonyl (C=O) groups is 1. The van der Waals surface area contributed by atoms with Gasteiger partial charge in [0, 0.05) is 5.56 Å². The summed E-state index contributed by atoms with van der Waals surface area (Å²) in [4.78, 5) is 12.9. The van der Waals surface area contributed by atoms with Gasteiger partial charge in [0.1, 0.15) is 5.82 Å². The molecule has 134 valence electrons. The number of amides is 1. The summed E-state index contributed by atoms with van der Waals surface area (Å²) < 4.78 is 46.3. The zero-order valence-electron chi connectivity index (χ0n) is 13.5. The minimum atomic E-state index is -4.14. The van der Waals surface area contributed by atoms with Crippen LogP contribution in [-0.4, -0.2) is 17.1 Å². The number of rotatable bonds is 3. The van der Waals surface area contributed by atoms with Gasteiger partial charge in [-0.25, -0.2) is 4.39 Å². The molecule has 26 heavy (non-hydrogen) atoms. The molecular weight excluding hydrogens is 349 g/mol. The van der Waals surface area contributed by atoms with Crippen LogP contribution in [0.5, 0.6) is 5.75 Å². The Labute approximate surface area is 146 Å². The smallest absolute Gasteiger partial charge is 0.423 e. The topological polar surface area (TPSA) is 73.6 Å². The number of hydrogen-bond acceptors (Lipinski definition) is 4. The van der Waals surface area contributed by atoms with E-state index in [1.807, 2.05) is 0 Å². The van der Waals surface area contributed by atoms with Gasteiger partial charge in [0.15, 0.2) is 5.75 Å². The van der Waals surface area contributed by atoms with E-state index < -0.39 is 23.9 Å². The van der Waals surface area contributed by atoms with Crippen molar-refractivity contribution in [2.45, 2.75) is 25.7 Å². The van der Waals surface area contributed by atoms with Gasteiger partial charge in [-0.15, -0.1) is 0 Å². The van der Waals surface area contributed by atoms with Crippen LogP contribution in [0, 0.1) is 17.1 Å². The van der Waals surface area contributed by atoms with Gasteiger partial charge in [-0.2, -0.15) is 14.0 Å². The summed E-state index contributed by atoms with van der Waals surface area (Å²) >= 11 is 0. The van der Waals surface area contributed by atoms with E-state index in [2.05, 4.69) is 4.74 Å². The third-order valence-electron chi connectivity index (χ3n) is 3.92. The predicted octanol–water partition coefficient (Wildman–Crippen LogP) is 3.27. The molecule has 1 N–H and O–H groups in total. The Bertz CT molecular complexity index is 922. The van der Waals surface area contributed by atoms with Crippen molar-refractivity contribution in [3.63, 3.8) is 0 Å². The second kappa shape index (κ2) is 6.35. The molecule has 1 aliphatic rings. The zero-order valence-corrected chi connectivity index (χ0v) is 13.5. The summed E-state index contributed by atoms with van der Waals surface area (Å²) in [5.41, 5.74) is 0.296. The number of ether oxygens (including phenoxy) is 1. The molecule has 2 aromatic carbocycles. The first-order valence-electron chi connectivity index (χ1n) is 7.62. The summed E-state index contributed by atoms with van der Waals surface area (Å²) in [6.07, 6.45) is -5.24. The number of halogens is 3. The van der Waals surface area contributed by atoms with Crippen LogP contribution in [-0.2, 0) is 11.3 Å². The number of nitriles is 1. The van der Waals surface area contributed by atoms with E-state index in [9.17, 15) is 23.1 Å². The number of benzene rings is 2. The van der Waals surface area contributed by atoms with Crippen LogP contribution in [0.4, 0.5) is 18.9 Å². The summed E-state index contributed by atoms with van der Waals surface area (Å²) in [5.74, 6) is -2.65. The van der Waals surface area contributed by atoms with E-state index in [1.165, 1.54) is 31.2 Å². The van der Waals surface area contributed by atoms with Crippen molar-refractivity contribution in [1.29, 1.82) is 5.26 Å². The van der Waals surface area contributed by atoms with Crippen molar-refractivity contribution in [1.82, 2.24) is 0 Å². The molecule has 1 atom stereocenters. The van der Waals surface area contributed by atoms with Crippen molar-refractivity contribution < 1.29 is 27.8 Å². The highest BCUT2D eigenvalue weighted by atomic mass is 19.3. The number of alkyl halides is 2. The fourth-order valence-electron chi connectivity index (χ4n) is 2.78. The SMILES string of the molecule is CC(O)c1cccc2c1OC(F)(F)C(=O)N2Cc1cc(F)cc(C#N)c1. The maximum atomic E-state index is 14.1. The molecule has 5 nitrogen and oxygen atoms in total. The molecule has 2 aromatic rings. The molecule has 0 saturated carbocycles. The van der Waals surface area contributed by atoms with E-state index in [-0.39, 0.29) is 34.7 Å². The van der Waals surface area contributed by atoms with Crippen molar-refractivity contribution in [3.05, 3.63) is 58.9 Å². The maximum Gasteiger partial charge on any atom is 0.483 e. The molecule has 1 heterocycles. The van der Waals surface area contributed by atoms with E-state index >= 15 is 0 Å². The molecule has 1 amide bonds. The lowest BCUT2D eigenvalue weighted by Crippen LogP contribution is -2.50. The first-order valence-corrected chi connectivity index (χ1v) is 7.62. The number of aliphatic hydroxyl groups excluding tert-OH is 1. The molecule has 0 saturated heterocycles. The third kappa shape index (κ3) is 3.09. The molecule has 8 heteroatoms. The van der Waals surface area contributed by atoms with E-state index in [4.69, 9.17) is 5.26 Å². The normalized spacial score (nSPS) is 16.5. The molecule has 0 aliphatic carbocycles. The average molecular weight is 362 g/mol. The summed E-state index contributed by atoms with van der Waals surface area (Å²) in [5, 5.41) is 18.7. The number of anilines is 1. The van der Waals surface area contributed by atoms with Gasteiger partial charge in [-0.3, -0.25) is 9.69 Å². The van der Waals surface area contributed by atoms with Crippen molar-refractivity contribution in [2.75, 3.05) is 4.90 Å². The third-order valence-corrected chi connectivity index (χ3v) is 3.92. The van der Waals surface area contributed by atoms with Crippen molar-refractivity contribution >= 4 is 11.6 Å². The Kier molecular flexibility index (Phi) is 4.34. The fourth-order valence-corrected chi connectivity index (χ4v) is 2.78. The number of hydrogen-bond donors (Lipinski definition) is 1. The Morgan fingerprint density at radius 3 is 2.73 bits per heavy atom. The van der Waals surface area contributed by atoms with Gasteiger partial charge in [-0.05, 0) is 36.8 Å². The largest absolute Gasteiger partial charge is 0.483 e. The molecule has 1 unspecified atom stereocenters. The molecule has 0 spiro atoms. The average Bonchev–Trinajstić information content (AvgIpc) is 2.57. The monoisotopic (exact) mass is 362 g/mol. The van der Waals surface area contributed by atoms with Gasteiger partial charge >= 0.3 is 12.0 Å². The molecule has 0 radical (unpaired) electrons. The molecule has 0 bridgehead atoms. The molecule has 3 rings (SSSR count). The minimum Gasteiger partial charge on any atom is -0.423 e. The van der Waals surface area contributed by atoms with E-state index in [1.54, 1.807) is 6.07 Å². The number of nitrogens with zero attached hydrogens (tertiary/aromatic N) is 2. The number of carbonyl (C=O) groups excluding carboxylic acids is 1. The van der Waals surface area contributed by atoms with Gasteiger partial charge < -0.3 is 9.84 Å². The van der Waals surface area contributed by atoms with Crippen LogP contribution >= 0.6 is 0 Å². The number of para-hydroxylation sites is 1. The second-order valence-electron chi connectivity index (χ2n) is 5.84. The van der Waals surface area contributed by atoms with E-state index in [0.717, 1.165) is 17.0 Å². The molecule has 0 fully saturated rings. The van der Waals surface area contributed by atoms with Crippen LogP contribution < -0.4 is 9.64 Å². The lowest BCUT2D eigenvalue weighted by atomic mass is 10.0. The fraction of sp³-hybridized carbons (Fsp3) is 0.222. The highest BCUT2D eigenvalue weighted by molar-refractivity contribution is 6.01. The van der Waals surface area contributed by atoms with Crippen molar-refractivity contribution in [2.24, 2.45) is 0 Å². The first-order chi connectivity index (χ1) is 12.2. The highest BCUT2D eigenvalue weighted by Gasteiger charge is 2.51. The minimum absolute atomic E-state index is 0.00502. The van der Waals surface area contributed by atoms with Gasteiger partial charge in [0.25, 0.3) is 0 Å². The van der Waals surface area contributed by atoms with Gasteiger partial charge in [0.2, 0.25) is 0 Å². The number of fused-ring (bicyclic) bond motifs is 1. The lowest BCUT2D eigenvalue weighted by molar-refractivity contribution is -0.193. The Hall–Kier alpha value is -3.05. The Morgan fingerprint density at radius 1 is 1.35 bits per heavy atom. The molecule has 0 aromatic heterocycles. The zero-order chi connectivity index (χ0) is 19.1. The predicted molar refractivity (Wildman–Crippen MR) is 85.0 cm³/mol. The second-order valence-corrected chi connectivity index (χ2v) is 5.84. The lowest BCUT2D eigenvalue weighted by Gasteiger charge is -2.35. The van der Waals surface area contributed by atoms with Gasteiger partial charge in [-0.1, -0.05) is 12.1 Å². The Morgan fingerprint density at radius 2 is 2.08 bits per heavy atom. The van der Waals surface area contributed by atoms with Gasteiger partial charge in [0.05, 0.1) is 30.0 Å². The standard InChI is InChI=1S/C18H13F3N2O3/c1-10(24)14-3-2-4-15-16(14)26-18(20,21)17(25)23(15)9-12-5-11(8-22)6-13(19)7-12/h2-7,10,24H,9H2,1H3. The Balaban J connectivity index is 2.10. The number of aliphatic hydroxyl groups is 1. The summed E-state index contributed by atoms with van der Waals surface area (Å²) in [7, 11) is 0. The van der Waals surface area contributed by atoms with Crippen LogP contribution in [0.15, 0.2) is 36.4 Å². The summed E-state index contributed by atoms with van der Waals surface area (Å²) in [6, 6.07) is 9.41.